The average Bonchev–Trinajstić information content (AvgIpc) is 3.11. The molecule has 0 atom stereocenters. The molecule has 0 spiro atoms. The van der Waals surface area contributed by atoms with Gasteiger partial charge < -0.3 is 5.73 Å². The van der Waals surface area contributed by atoms with Crippen molar-refractivity contribution in [1.29, 1.82) is 0 Å². The summed E-state index contributed by atoms with van der Waals surface area (Å²) in [6.45, 7) is 2.89. The monoisotopic (exact) mass is 375 g/mol. The van der Waals surface area contributed by atoms with Gasteiger partial charge in [-0.1, -0.05) is 18.2 Å². The van der Waals surface area contributed by atoms with Crippen LogP contribution in [0.3, 0.4) is 0 Å². The number of hydrogen-bond donors (Lipinski definition) is 1. The number of rotatable bonds is 7. The Bertz CT molecular complexity index is 948. The zero-order chi connectivity index (χ0) is 17.9. The van der Waals surface area contributed by atoms with Gasteiger partial charge in [0.25, 0.3) is 0 Å². The zero-order valence-electron chi connectivity index (χ0n) is 14.1. The highest BCUT2D eigenvalue weighted by atomic mass is 32.2. The van der Waals surface area contributed by atoms with Crippen molar-refractivity contribution in [3.8, 4) is 0 Å². The maximum Gasteiger partial charge on any atom is 0.243 e. The molecule has 0 saturated heterocycles. The van der Waals surface area contributed by atoms with E-state index in [4.69, 9.17) is 5.73 Å². The van der Waals surface area contributed by atoms with Crippen LogP contribution in [-0.2, 0) is 16.4 Å². The largest absolute Gasteiger partial charge is 0.329 e. The maximum atomic E-state index is 13.3. The molecule has 25 heavy (non-hydrogen) atoms. The van der Waals surface area contributed by atoms with E-state index in [0.29, 0.717) is 24.4 Å². The van der Waals surface area contributed by atoms with E-state index in [-0.39, 0.29) is 6.54 Å². The lowest BCUT2D eigenvalue weighted by atomic mass is 10.1. The van der Waals surface area contributed by atoms with Crippen LogP contribution in [0.15, 0.2) is 53.0 Å². The SMILES string of the molecule is Cc1cncc2cccc(S(=O)(=O)N(CCN)CCc3cccs3)c12. The first-order valence-corrected chi connectivity index (χ1v) is 10.4. The number of aryl methyl sites for hydroxylation is 1. The van der Waals surface area contributed by atoms with Gasteiger partial charge in [-0.25, -0.2) is 8.42 Å². The van der Waals surface area contributed by atoms with Crippen molar-refractivity contribution >= 4 is 32.1 Å². The lowest BCUT2D eigenvalue weighted by Crippen LogP contribution is -2.37. The molecular weight excluding hydrogens is 354 g/mol. The second-order valence-corrected chi connectivity index (χ2v) is 8.77. The van der Waals surface area contributed by atoms with Gasteiger partial charge in [-0.05, 0) is 36.4 Å². The summed E-state index contributed by atoms with van der Waals surface area (Å²) >= 11 is 1.63. The van der Waals surface area contributed by atoms with Gasteiger partial charge in [0, 0.05) is 47.7 Å². The lowest BCUT2D eigenvalue weighted by molar-refractivity contribution is 0.423. The molecule has 0 aliphatic heterocycles. The minimum absolute atomic E-state index is 0.287. The van der Waals surface area contributed by atoms with Crippen molar-refractivity contribution in [2.75, 3.05) is 19.6 Å². The van der Waals surface area contributed by atoms with Crippen molar-refractivity contribution < 1.29 is 8.42 Å². The highest BCUT2D eigenvalue weighted by Gasteiger charge is 2.26. The molecule has 7 heteroatoms. The third-order valence-electron chi connectivity index (χ3n) is 4.12. The Morgan fingerprint density at radius 1 is 1.16 bits per heavy atom. The van der Waals surface area contributed by atoms with Crippen molar-refractivity contribution in [2.24, 2.45) is 5.73 Å². The minimum Gasteiger partial charge on any atom is -0.329 e. The Morgan fingerprint density at radius 3 is 2.72 bits per heavy atom. The summed E-state index contributed by atoms with van der Waals surface area (Å²) in [6.07, 6.45) is 4.07. The van der Waals surface area contributed by atoms with E-state index in [2.05, 4.69) is 4.98 Å². The van der Waals surface area contributed by atoms with Crippen LogP contribution in [0, 0.1) is 6.92 Å². The molecule has 3 rings (SSSR count). The molecule has 5 nitrogen and oxygen atoms in total. The Hall–Kier alpha value is -1.80. The van der Waals surface area contributed by atoms with Crippen molar-refractivity contribution in [1.82, 2.24) is 9.29 Å². The molecule has 0 bridgehead atoms. The number of nitrogens with two attached hydrogens (primary N) is 1. The summed E-state index contributed by atoms with van der Waals surface area (Å²) in [7, 11) is -3.64. The van der Waals surface area contributed by atoms with Crippen molar-refractivity contribution in [3.05, 3.63) is 58.5 Å². The highest BCUT2D eigenvalue weighted by molar-refractivity contribution is 7.89. The smallest absolute Gasteiger partial charge is 0.243 e. The molecule has 0 aliphatic carbocycles. The van der Waals surface area contributed by atoms with Gasteiger partial charge in [-0.2, -0.15) is 4.31 Å². The Morgan fingerprint density at radius 2 is 2.00 bits per heavy atom. The van der Waals surface area contributed by atoms with Gasteiger partial charge in [0.2, 0.25) is 10.0 Å². The Labute approximate surface area is 152 Å². The van der Waals surface area contributed by atoms with E-state index >= 15 is 0 Å². The molecule has 0 unspecified atom stereocenters. The van der Waals surface area contributed by atoms with E-state index in [1.54, 1.807) is 35.9 Å². The van der Waals surface area contributed by atoms with E-state index in [0.717, 1.165) is 21.2 Å². The zero-order valence-corrected chi connectivity index (χ0v) is 15.7. The molecule has 0 aliphatic rings. The fraction of sp³-hybridized carbons (Fsp3) is 0.278. The molecule has 0 fully saturated rings. The predicted octanol–water partition coefficient (Wildman–Crippen LogP) is 2.80. The Balaban J connectivity index is 2.00. The van der Waals surface area contributed by atoms with E-state index < -0.39 is 10.0 Å². The van der Waals surface area contributed by atoms with Crippen molar-refractivity contribution in [3.63, 3.8) is 0 Å². The number of pyridine rings is 1. The van der Waals surface area contributed by atoms with E-state index in [1.165, 1.54) is 4.31 Å². The summed E-state index contributed by atoms with van der Waals surface area (Å²) in [4.78, 5) is 5.65. The fourth-order valence-electron chi connectivity index (χ4n) is 2.91. The first-order valence-electron chi connectivity index (χ1n) is 8.10. The Kier molecular flexibility index (Phi) is 5.48. The molecule has 0 radical (unpaired) electrons. The second-order valence-electron chi connectivity index (χ2n) is 5.83. The number of thiophene rings is 1. The normalized spacial score (nSPS) is 12.1. The van der Waals surface area contributed by atoms with Crippen LogP contribution < -0.4 is 5.73 Å². The van der Waals surface area contributed by atoms with Crippen molar-refractivity contribution in [2.45, 2.75) is 18.2 Å². The molecule has 2 N–H and O–H groups in total. The van der Waals surface area contributed by atoms with Gasteiger partial charge in [-0.3, -0.25) is 4.98 Å². The molecule has 0 amide bonds. The van der Waals surface area contributed by atoms with Crippen LogP contribution in [0.2, 0.25) is 0 Å². The minimum atomic E-state index is -3.64. The molecule has 0 saturated carbocycles. The first-order chi connectivity index (χ1) is 12.0. The molecule has 3 aromatic rings. The van der Waals surface area contributed by atoms with E-state index in [9.17, 15) is 8.42 Å². The summed E-state index contributed by atoms with van der Waals surface area (Å²) in [5, 5.41) is 3.56. The van der Waals surface area contributed by atoms with Gasteiger partial charge in [0.15, 0.2) is 0 Å². The number of aromatic nitrogens is 1. The third kappa shape index (κ3) is 3.74. The van der Waals surface area contributed by atoms with Crippen LogP contribution >= 0.6 is 11.3 Å². The standard InChI is InChI=1S/C18H21N3O2S2/c1-14-12-20-13-15-4-2-6-17(18(14)15)25(22,23)21(10-8-19)9-7-16-5-3-11-24-16/h2-6,11-13H,7-10,19H2,1H3. The van der Waals surface area contributed by atoms with E-state index in [1.807, 2.05) is 30.5 Å². The number of benzene rings is 1. The highest BCUT2D eigenvalue weighted by Crippen LogP contribution is 2.28. The van der Waals surface area contributed by atoms with Crippen LogP contribution in [0.25, 0.3) is 10.8 Å². The van der Waals surface area contributed by atoms with Gasteiger partial charge in [-0.15, -0.1) is 11.3 Å². The fourth-order valence-corrected chi connectivity index (χ4v) is 5.35. The second kappa shape index (κ2) is 7.61. The van der Waals surface area contributed by atoms with Gasteiger partial charge in [0.1, 0.15) is 0 Å². The summed E-state index contributed by atoms with van der Waals surface area (Å²) < 4.78 is 28.1. The van der Waals surface area contributed by atoms with Crippen LogP contribution in [0.4, 0.5) is 0 Å². The summed E-state index contributed by atoms with van der Waals surface area (Å²) in [6, 6.07) is 9.30. The third-order valence-corrected chi connectivity index (χ3v) is 7.00. The van der Waals surface area contributed by atoms with Gasteiger partial charge >= 0.3 is 0 Å². The number of sulfonamides is 1. The first kappa shape index (κ1) is 18.0. The molecule has 2 aromatic heterocycles. The van der Waals surface area contributed by atoms with Crippen LogP contribution in [0.5, 0.6) is 0 Å². The number of hydrogen-bond acceptors (Lipinski definition) is 5. The quantitative estimate of drug-likeness (QED) is 0.689. The average molecular weight is 376 g/mol. The summed E-state index contributed by atoms with van der Waals surface area (Å²) in [5.41, 5.74) is 6.53. The maximum absolute atomic E-state index is 13.3. The topological polar surface area (TPSA) is 76.3 Å². The molecular formula is C18H21N3O2S2. The van der Waals surface area contributed by atoms with Crippen LogP contribution in [0.1, 0.15) is 10.4 Å². The van der Waals surface area contributed by atoms with Gasteiger partial charge in [0.05, 0.1) is 4.90 Å². The number of nitrogens with zero attached hydrogens (tertiary/aromatic N) is 2. The molecule has 132 valence electrons. The lowest BCUT2D eigenvalue weighted by Gasteiger charge is -2.22. The molecule has 1 aromatic carbocycles. The predicted molar refractivity (Wildman–Crippen MR) is 102 cm³/mol. The van der Waals surface area contributed by atoms with Crippen LogP contribution in [-0.4, -0.2) is 37.3 Å². The molecule has 2 heterocycles. The summed E-state index contributed by atoms with van der Waals surface area (Å²) in [5.74, 6) is 0. The number of fused-ring (bicyclic) bond motifs is 1.